The maximum Gasteiger partial charge on any atom is 0.255 e. The van der Waals surface area contributed by atoms with E-state index in [0.29, 0.717) is 0 Å². The Morgan fingerprint density at radius 3 is 2.15 bits per heavy atom. The lowest BCUT2D eigenvalue weighted by Gasteiger charge is -2.23. The third-order valence-corrected chi connectivity index (χ3v) is 4.23. The van der Waals surface area contributed by atoms with Gasteiger partial charge in [0.05, 0.1) is 0 Å². The average Bonchev–Trinajstić information content (AvgIpc) is 2.02. The van der Waals surface area contributed by atoms with Crippen LogP contribution in [0.15, 0.2) is 0 Å². The highest BCUT2D eigenvalue weighted by Gasteiger charge is 2.10. The first-order valence-electron chi connectivity index (χ1n) is 5.74. The fourth-order valence-corrected chi connectivity index (χ4v) is 2.81. The van der Waals surface area contributed by atoms with E-state index in [4.69, 9.17) is 0 Å². The molecular formula is C11H26AlN. The van der Waals surface area contributed by atoms with Gasteiger partial charge >= 0.3 is 0 Å². The Balaban J connectivity index is 3.57. The average molecular weight is 199 g/mol. The van der Waals surface area contributed by atoms with Gasteiger partial charge in [-0.2, -0.15) is 0 Å². The van der Waals surface area contributed by atoms with E-state index >= 15 is 0 Å². The molecule has 1 atom stereocenters. The smallest absolute Gasteiger partial charge is 0.255 e. The molecule has 0 aromatic heterocycles. The van der Waals surface area contributed by atoms with Crippen LogP contribution in [0.5, 0.6) is 0 Å². The minimum absolute atomic E-state index is 0.299. The van der Waals surface area contributed by atoms with Gasteiger partial charge < -0.3 is 4.90 Å². The van der Waals surface area contributed by atoms with Crippen molar-refractivity contribution in [3.8, 4) is 0 Å². The third-order valence-electron chi connectivity index (χ3n) is 2.67. The van der Waals surface area contributed by atoms with Gasteiger partial charge in [-0.05, 0) is 26.9 Å². The molecule has 0 spiro atoms. The summed E-state index contributed by atoms with van der Waals surface area (Å²) in [6, 6.07) is 0.831. The Kier molecular flexibility index (Phi) is 8.15. The standard InChI is InChI=1S/C9H20N.2CH3.Al/c1-5-7-9(8-6-2)10(3)4;;;/h9H,1,5-8H2,2-4H3;2*1H3;. The van der Waals surface area contributed by atoms with Crippen molar-refractivity contribution in [2.45, 2.75) is 55.5 Å². The minimum Gasteiger partial charge on any atom is -0.306 e. The molecule has 0 N–H and O–H groups in total. The summed E-state index contributed by atoms with van der Waals surface area (Å²) in [4.78, 5) is 2.39. The van der Waals surface area contributed by atoms with Gasteiger partial charge in [0.25, 0.3) is 14.1 Å². The molecule has 0 saturated carbocycles. The van der Waals surface area contributed by atoms with Crippen LogP contribution in [0.1, 0.15) is 32.6 Å². The van der Waals surface area contributed by atoms with Gasteiger partial charge in [-0.25, -0.2) is 0 Å². The Morgan fingerprint density at radius 1 is 1.15 bits per heavy atom. The molecule has 13 heavy (non-hydrogen) atoms. The summed E-state index contributed by atoms with van der Waals surface area (Å²) in [6.45, 7) is 2.29. The number of hydrogen-bond acceptors (Lipinski definition) is 1. The van der Waals surface area contributed by atoms with Crippen molar-refractivity contribution in [1.82, 2.24) is 4.90 Å². The van der Waals surface area contributed by atoms with Gasteiger partial charge in [-0.3, -0.25) is 0 Å². The molecule has 0 bridgehead atoms. The number of rotatable bonds is 7. The van der Waals surface area contributed by atoms with Crippen LogP contribution in [0.25, 0.3) is 0 Å². The SMILES string of the molecule is CCCC(CC[CH2][Al]([CH3])[CH3])N(C)C. The van der Waals surface area contributed by atoms with E-state index < -0.39 is 0 Å². The first-order valence-corrected chi connectivity index (χ1v) is 8.87. The maximum absolute atomic E-state index is 2.45. The molecule has 2 heteroatoms. The van der Waals surface area contributed by atoms with Crippen molar-refractivity contribution in [2.75, 3.05) is 14.1 Å². The second-order valence-corrected chi connectivity index (χ2v) is 8.10. The Labute approximate surface area is 88.9 Å². The van der Waals surface area contributed by atoms with E-state index in [-0.39, 0.29) is 14.1 Å². The molecule has 1 unspecified atom stereocenters. The summed E-state index contributed by atoms with van der Waals surface area (Å²) < 4.78 is 0. The quantitative estimate of drug-likeness (QED) is 0.569. The largest absolute Gasteiger partial charge is 0.306 e. The highest BCUT2D eigenvalue weighted by molar-refractivity contribution is 6.55. The first kappa shape index (κ1) is 13.5. The highest BCUT2D eigenvalue weighted by atomic mass is 27.2. The lowest BCUT2D eigenvalue weighted by molar-refractivity contribution is 0.260. The van der Waals surface area contributed by atoms with Crippen LogP contribution in [0, 0.1) is 0 Å². The van der Waals surface area contributed by atoms with Gasteiger partial charge in [0, 0.05) is 6.04 Å². The second-order valence-electron chi connectivity index (χ2n) is 4.73. The molecule has 0 heterocycles. The monoisotopic (exact) mass is 199 g/mol. The molecule has 0 amide bonds. The van der Waals surface area contributed by atoms with Gasteiger partial charge in [-0.15, -0.1) is 11.6 Å². The molecule has 0 aliphatic heterocycles. The summed E-state index contributed by atoms with van der Waals surface area (Å²) in [5.41, 5.74) is 0. The van der Waals surface area contributed by atoms with Crippen molar-refractivity contribution >= 4 is 14.1 Å². The van der Waals surface area contributed by atoms with Crippen LogP contribution < -0.4 is 0 Å². The Hall–Kier alpha value is 0.492. The van der Waals surface area contributed by atoms with E-state index in [9.17, 15) is 0 Å². The van der Waals surface area contributed by atoms with E-state index in [1.165, 1.54) is 31.0 Å². The Morgan fingerprint density at radius 2 is 1.77 bits per heavy atom. The van der Waals surface area contributed by atoms with Gasteiger partial charge in [-0.1, -0.05) is 25.0 Å². The zero-order valence-electron chi connectivity index (χ0n) is 10.1. The summed E-state index contributed by atoms with van der Waals surface area (Å²) >= 11 is -0.299. The normalized spacial score (nSPS) is 13.4. The lowest BCUT2D eigenvalue weighted by atomic mass is 10.1. The molecule has 1 nitrogen and oxygen atoms in total. The highest BCUT2D eigenvalue weighted by Crippen LogP contribution is 2.12. The fourth-order valence-electron chi connectivity index (χ4n) is 1.76. The van der Waals surface area contributed by atoms with Crippen LogP contribution in [0.3, 0.4) is 0 Å². The fraction of sp³-hybridized carbons (Fsp3) is 1.00. The summed E-state index contributed by atoms with van der Waals surface area (Å²) in [5.74, 6) is 4.90. The summed E-state index contributed by atoms with van der Waals surface area (Å²) in [7, 11) is 4.43. The maximum atomic E-state index is 2.45. The predicted molar refractivity (Wildman–Crippen MR) is 63.9 cm³/mol. The predicted octanol–water partition coefficient (Wildman–Crippen LogP) is 3.25. The van der Waals surface area contributed by atoms with E-state index in [1.54, 1.807) is 0 Å². The summed E-state index contributed by atoms with van der Waals surface area (Å²) in [6.07, 6.45) is 5.55. The number of hydrogen-bond donors (Lipinski definition) is 0. The molecule has 0 radical (unpaired) electrons. The van der Waals surface area contributed by atoms with E-state index in [2.05, 4.69) is 37.5 Å². The van der Waals surface area contributed by atoms with E-state index in [0.717, 1.165) is 6.04 Å². The van der Waals surface area contributed by atoms with Crippen LogP contribution in [-0.4, -0.2) is 39.2 Å². The first-order chi connectivity index (χ1) is 6.07. The van der Waals surface area contributed by atoms with Crippen LogP contribution in [0.4, 0.5) is 0 Å². The zero-order chi connectivity index (χ0) is 10.3. The van der Waals surface area contributed by atoms with Crippen molar-refractivity contribution < 1.29 is 0 Å². The van der Waals surface area contributed by atoms with Crippen molar-refractivity contribution in [1.29, 1.82) is 0 Å². The molecule has 0 aromatic carbocycles. The zero-order valence-corrected chi connectivity index (χ0v) is 11.3. The van der Waals surface area contributed by atoms with Crippen LogP contribution in [-0.2, 0) is 0 Å². The van der Waals surface area contributed by atoms with Gasteiger partial charge in [0.1, 0.15) is 0 Å². The third kappa shape index (κ3) is 7.55. The molecule has 0 aromatic rings. The molecule has 0 aliphatic carbocycles. The van der Waals surface area contributed by atoms with Crippen molar-refractivity contribution in [2.24, 2.45) is 0 Å². The van der Waals surface area contributed by atoms with Crippen molar-refractivity contribution in [3.63, 3.8) is 0 Å². The molecule has 78 valence electrons. The molecule has 0 aliphatic rings. The lowest BCUT2D eigenvalue weighted by Crippen LogP contribution is -2.27. The van der Waals surface area contributed by atoms with Gasteiger partial charge in [0.15, 0.2) is 0 Å². The molecule has 0 rings (SSSR count). The molecule has 0 fully saturated rings. The second kappa shape index (κ2) is 7.86. The number of nitrogens with zero attached hydrogens (tertiary/aromatic N) is 1. The topological polar surface area (TPSA) is 3.24 Å². The van der Waals surface area contributed by atoms with Gasteiger partial charge in [0.2, 0.25) is 0 Å². The van der Waals surface area contributed by atoms with Crippen LogP contribution in [0.2, 0.25) is 16.9 Å². The molecular weight excluding hydrogens is 173 g/mol. The van der Waals surface area contributed by atoms with E-state index in [1.807, 2.05) is 0 Å². The molecule has 0 saturated heterocycles. The van der Waals surface area contributed by atoms with Crippen LogP contribution >= 0.6 is 0 Å². The minimum atomic E-state index is -0.299. The summed E-state index contributed by atoms with van der Waals surface area (Å²) in [5, 5.41) is 1.52. The Bertz CT molecular complexity index is 113. The van der Waals surface area contributed by atoms with Crippen molar-refractivity contribution in [3.05, 3.63) is 0 Å².